The summed E-state index contributed by atoms with van der Waals surface area (Å²) in [6, 6.07) is 7.25. The van der Waals surface area contributed by atoms with Gasteiger partial charge in [0.15, 0.2) is 6.61 Å². The summed E-state index contributed by atoms with van der Waals surface area (Å²) in [6.07, 6.45) is 0. The number of hydrogen-bond acceptors (Lipinski definition) is 6. The molecular weight excluding hydrogens is 350 g/mol. The van der Waals surface area contributed by atoms with Crippen LogP contribution in [0.5, 0.6) is 0 Å². The van der Waals surface area contributed by atoms with Crippen molar-refractivity contribution in [3.05, 3.63) is 47.0 Å². The molecule has 8 heteroatoms. The fraction of sp³-hybridized carbons (Fsp3) is 0.316. The van der Waals surface area contributed by atoms with Crippen LogP contribution in [-0.4, -0.2) is 35.4 Å². The number of carbonyl (C=O) groups is 2. The van der Waals surface area contributed by atoms with Crippen LogP contribution in [0.15, 0.2) is 28.7 Å². The van der Waals surface area contributed by atoms with Gasteiger partial charge in [0.1, 0.15) is 5.58 Å². The minimum absolute atomic E-state index is 0.0413. The minimum atomic E-state index is -0.715. The zero-order chi connectivity index (χ0) is 19.6. The summed E-state index contributed by atoms with van der Waals surface area (Å²) in [5.41, 5.74) is 3.27. The number of carbonyl (C=O) groups excluding carboxylic acids is 2. The highest BCUT2D eigenvalue weighted by Crippen LogP contribution is 2.27. The Hall–Kier alpha value is -3.13. The Morgan fingerprint density at radius 3 is 2.67 bits per heavy atom. The third kappa shape index (κ3) is 3.70. The van der Waals surface area contributed by atoms with Gasteiger partial charge in [-0.15, -0.1) is 0 Å². The zero-order valence-electron chi connectivity index (χ0n) is 15.7. The van der Waals surface area contributed by atoms with Crippen molar-refractivity contribution in [1.29, 1.82) is 0 Å². The summed E-state index contributed by atoms with van der Waals surface area (Å²) in [7, 11) is 3.32. The summed E-state index contributed by atoms with van der Waals surface area (Å²) in [4.78, 5) is 24.6. The molecule has 27 heavy (non-hydrogen) atoms. The van der Waals surface area contributed by atoms with Gasteiger partial charge in [-0.1, -0.05) is 18.2 Å². The van der Waals surface area contributed by atoms with E-state index in [1.165, 1.54) is 7.11 Å². The Bertz CT molecular complexity index is 1000. The molecule has 3 aromatic rings. The lowest BCUT2D eigenvalue weighted by Gasteiger charge is -2.07. The minimum Gasteiger partial charge on any atom is -0.450 e. The standard InChI is InChI=1S/C19H21N3O5/c1-11-17(12(2)22(3)21-11)20-16(23)10-26-19(24)18-14(9-25-4)13-7-5-6-8-15(13)27-18/h5-8H,9-10H2,1-4H3,(H,20,23). The van der Waals surface area contributed by atoms with Crippen LogP contribution in [0, 0.1) is 13.8 Å². The molecule has 1 aromatic carbocycles. The first-order valence-corrected chi connectivity index (χ1v) is 8.39. The number of furan rings is 1. The topological polar surface area (TPSA) is 95.6 Å². The molecule has 0 aliphatic carbocycles. The lowest BCUT2D eigenvalue weighted by molar-refractivity contribution is -0.119. The predicted molar refractivity (Wildman–Crippen MR) is 98.5 cm³/mol. The van der Waals surface area contributed by atoms with Gasteiger partial charge < -0.3 is 19.2 Å². The van der Waals surface area contributed by atoms with Crippen molar-refractivity contribution in [2.45, 2.75) is 20.5 Å². The number of rotatable bonds is 6. The van der Waals surface area contributed by atoms with Crippen molar-refractivity contribution in [3.63, 3.8) is 0 Å². The van der Waals surface area contributed by atoms with E-state index >= 15 is 0 Å². The molecule has 0 bridgehead atoms. The maximum atomic E-state index is 12.4. The number of fused-ring (bicyclic) bond motifs is 1. The van der Waals surface area contributed by atoms with Crippen LogP contribution in [0.1, 0.15) is 27.5 Å². The van der Waals surface area contributed by atoms with E-state index < -0.39 is 18.5 Å². The fourth-order valence-corrected chi connectivity index (χ4v) is 2.88. The summed E-state index contributed by atoms with van der Waals surface area (Å²) in [5.74, 6) is -1.13. The van der Waals surface area contributed by atoms with E-state index in [9.17, 15) is 9.59 Å². The van der Waals surface area contributed by atoms with Gasteiger partial charge in [0.25, 0.3) is 5.91 Å². The van der Waals surface area contributed by atoms with Crippen LogP contribution in [0.25, 0.3) is 11.0 Å². The first-order valence-electron chi connectivity index (χ1n) is 8.39. The Balaban J connectivity index is 1.71. The molecule has 0 aliphatic rings. The Kier molecular flexibility index (Phi) is 5.27. The van der Waals surface area contributed by atoms with Gasteiger partial charge in [-0.3, -0.25) is 9.48 Å². The van der Waals surface area contributed by atoms with Crippen molar-refractivity contribution in [3.8, 4) is 0 Å². The van der Waals surface area contributed by atoms with E-state index in [0.29, 0.717) is 22.5 Å². The number of ether oxygens (including phenoxy) is 2. The molecule has 1 amide bonds. The molecule has 142 valence electrons. The molecule has 1 N–H and O–H groups in total. The van der Waals surface area contributed by atoms with Gasteiger partial charge in [0.2, 0.25) is 5.76 Å². The van der Waals surface area contributed by atoms with Crippen molar-refractivity contribution in [2.75, 3.05) is 19.0 Å². The molecule has 8 nitrogen and oxygen atoms in total. The quantitative estimate of drug-likeness (QED) is 0.670. The summed E-state index contributed by atoms with van der Waals surface area (Å²) in [5, 5.41) is 7.72. The number of anilines is 1. The normalized spacial score (nSPS) is 11.0. The van der Waals surface area contributed by atoms with Gasteiger partial charge in [0, 0.05) is 25.1 Å². The SMILES string of the molecule is COCc1c(C(=O)OCC(=O)Nc2c(C)nn(C)c2C)oc2ccccc12. The van der Waals surface area contributed by atoms with E-state index in [1.807, 2.05) is 25.1 Å². The second-order valence-electron chi connectivity index (χ2n) is 6.13. The number of aromatic nitrogens is 2. The van der Waals surface area contributed by atoms with Crippen molar-refractivity contribution in [1.82, 2.24) is 9.78 Å². The summed E-state index contributed by atoms with van der Waals surface area (Å²) >= 11 is 0. The number of methoxy groups -OCH3 is 1. The first-order chi connectivity index (χ1) is 12.9. The molecule has 0 aliphatic heterocycles. The van der Waals surface area contributed by atoms with E-state index in [-0.39, 0.29) is 12.4 Å². The summed E-state index contributed by atoms with van der Waals surface area (Å²) in [6.45, 7) is 3.39. The number of amides is 1. The largest absolute Gasteiger partial charge is 0.450 e. The van der Waals surface area contributed by atoms with Gasteiger partial charge in [0.05, 0.1) is 23.7 Å². The van der Waals surface area contributed by atoms with Crippen LogP contribution >= 0.6 is 0 Å². The maximum absolute atomic E-state index is 12.4. The Morgan fingerprint density at radius 1 is 1.26 bits per heavy atom. The molecule has 0 saturated heterocycles. The molecule has 0 spiro atoms. The van der Waals surface area contributed by atoms with Crippen molar-refractivity contribution >= 4 is 28.5 Å². The first kappa shape index (κ1) is 18.7. The maximum Gasteiger partial charge on any atom is 0.375 e. The van der Waals surface area contributed by atoms with E-state index in [2.05, 4.69) is 10.4 Å². The highest BCUT2D eigenvalue weighted by atomic mass is 16.5. The number of aryl methyl sites for hydroxylation is 2. The molecule has 0 fully saturated rings. The monoisotopic (exact) mass is 371 g/mol. The molecular formula is C19H21N3O5. The zero-order valence-corrected chi connectivity index (χ0v) is 15.7. The average Bonchev–Trinajstić information content (AvgIpc) is 3.13. The fourth-order valence-electron chi connectivity index (χ4n) is 2.88. The van der Waals surface area contributed by atoms with Gasteiger partial charge in [-0.25, -0.2) is 4.79 Å². The predicted octanol–water partition coefficient (Wildman–Crippen LogP) is 2.73. The average molecular weight is 371 g/mol. The van der Waals surface area contributed by atoms with E-state index in [1.54, 1.807) is 24.7 Å². The number of nitrogens with one attached hydrogen (secondary N) is 1. The van der Waals surface area contributed by atoms with Gasteiger partial charge in [-0.2, -0.15) is 5.10 Å². The lowest BCUT2D eigenvalue weighted by Crippen LogP contribution is -2.21. The molecule has 0 radical (unpaired) electrons. The van der Waals surface area contributed by atoms with Gasteiger partial charge >= 0.3 is 5.97 Å². The second-order valence-corrected chi connectivity index (χ2v) is 6.13. The van der Waals surface area contributed by atoms with Crippen molar-refractivity contribution < 1.29 is 23.5 Å². The second kappa shape index (κ2) is 7.63. The third-order valence-corrected chi connectivity index (χ3v) is 4.28. The molecule has 2 aromatic heterocycles. The lowest BCUT2D eigenvalue weighted by atomic mass is 10.1. The van der Waals surface area contributed by atoms with Crippen LogP contribution in [0.4, 0.5) is 5.69 Å². The van der Waals surface area contributed by atoms with E-state index in [4.69, 9.17) is 13.9 Å². The Labute approximate surface area is 156 Å². The van der Waals surface area contributed by atoms with Crippen LogP contribution in [-0.2, 0) is 27.9 Å². The van der Waals surface area contributed by atoms with Crippen LogP contribution in [0.2, 0.25) is 0 Å². The number of nitrogens with zero attached hydrogens (tertiary/aromatic N) is 2. The molecule has 3 rings (SSSR count). The van der Waals surface area contributed by atoms with Gasteiger partial charge in [-0.05, 0) is 19.9 Å². The number of benzene rings is 1. The number of para-hydroxylation sites is 1. The molecule has 0 atom stereocenters. The van der Waals surface area contributed by atoms with E-state index in [0.717, 1.165) is 11.1 Å². The number of hydrogen-bond donors (Lipinski definition) is 1. The van der Waals surface area contributed by atoms with Crippen molar-refractivity contribution in [2.24, 2.45) is 7.05 Å². The third-order valence-electron chi connectivity index (χ3n) is 4.28. The highest BCUT2D eigenvalue weighted by molar-refractivity contribution is 5.98. The number of esters is 1. The Morgan fingerprint density at radius 2 is 2.00 bits per heavy atom. The molecule has 0 saturated carbocycles. The smallest absolute Gasteiger partial charge is 0.375 e. The van der Waals surface area contributed by atoms with Crippen LogP contribution in [0.3, 0.4) is 0 Å². The molecule has 2 heterocycles. The highest BCUT2D eigenvalue weighted by Gasteiger charge is 2.23. The molecule has 0 unspecified atom stereocenters. The summed E-state index contributed by atoms with van der Waals surface area (Å²) < 4.78 is 17.6. The van der Waals surface area contributed by atoms with Crippen LogP contribution < -0.4 is 5.32 Å².